The smallest absolute Gasteiger partial charge is 0.462 e. The van der Waals surface area contributed by atoms with Crippen molar-refractivity contribution in [1.82, 2.24) is 0 Å². The van der Waals surface area contributed by atoms with Crippen molar-refractivity contribution in [2.45, 2.75) is 446 Å². The van der Waals surface area contributed by atoms with Gasteiger partial charge in [0.15, 0.2) is 12.2 Å². The van der Waals surface area contributed by atoms with Gasteiger partial charge in [-0.25, -0.2) is 9.13 Å². The maximum absolute atomic E-state index is 13.1. The molecular weight excluding hydrogens is 1330 g/mol. The third-order valence-electron chi connectivity index (χ3n) is 20.0. The molecule has 0 saturated heterocycles. The predicted molar refractivity (Wildman–Crippen MR) is 418 cm³/mol. The zero-order valence-electron chi connectivity index (χ0n) is 67.2. The molecule has 0 fully saturated rings. The Labute approximate surface area is 626 Å². The number of unbranched alkanes of at least 4 members (excludes halogenated alkanes) is 44. The summed E-state index contributed by atoms with van der Waals surface area (Å²) in [4.78, 5) is 73.0. The van der Waals surface area contributed by atoms with Gasteiger partial charge in [0, 0.05) is 25.7 Å². The maximum atomic E-state index is 13.1. The van der Waals surface area contributed by atoms with Crippen molar-refractivity contribution in [3.05, 3.63) is 0 Å². The van der Waals surface area contributed by atoms with E-state index in [0.717, 1.165) is 120 Å². The highest BCUT2D eigenvalue weighted by Gasteiger charge is 2.30. The second kappa shape index (κ2) is 72.0. The summed E-state index contributed by atoms with van der Waals surface area (Å²) in [5, 5.41) is 10.6. The van der Waals surface area contributed by atoms with E-state index < -0.39 is 97.5 Å². The Morgan fingerprint density at radius 3 is 0.696 bits per heavy atom. The summed E-state index contributed by atoms with van der Waals surface area (Å²) < 4.78 is 68.7. The lowest BCUT2D eigenvalue weighted by atomic mass is 9.99. The molecule has 0 amide bonds. The van der Waals surface area contributed by atoms with Crippen LogP contribution in [0.3, 0.4) is 0 Å². The van der Waals surface area contributed by atoms with Crippen molar-refractivity contribution in [3.63, 3.8) is 0 Å². The molecule has 0 aromatic carbocycles. The predicted octanol–water partition coefficient (Wildman–Crippen LogP) is 24.8. The summed E-state index contributed by atoms with van der Waals surface area (Å²) in [6, 6.07) is 0. The minimum Gasteiger partial charge on any atom is -0.462 e. The summed E-state index contributed by atoms with van der Waals surface area (Å²) in [5.74, 6) is 1.02. The Bertz CT molecular complexity index is 1990. The van der Waals surface area contributed by atoms with Crippen LogP contribution in [0.25, 0.3) is 0 Å². The van der Waals surface area contributed by atoms with Crippen molar-refractivity contribution in [3.8, 4) is 0 Å². The minimum absolute atomic E-state index is 0.107. The molecular formula is C83H162O17P2. The number of hydrogen-bond acceptors (Lipinski definition) is 15. The lowest BCUT2D eigenvalue weighted by Gasteiger charge is -2.21. The zero-order chi connectivity index (χ0) is 75.3. The molecule has 0 radical (unpaired) electrons. The van der Waals surface area contributed by atoms with Gasteiger partial charge in [-0.1, -0.05) is 376 Å². The molecule has 0 aliphatic carbocycles. The summed E-state index contributed by atoms with van der Waals surface area (Å²) in [6.07, 6.45) is 59.8. The van der Waals surface area contributed by atoms with E-state index in [2.05, 4.69) is 55.4 Å². The molecule has 17 nitrogen and oxygen atoms in total. The van der Waals surface area contributed by atoms with E-state index in [1.54, 1.807) is 0 Å². The fourth-order valence-corrected chi connectivity index (χ4v) is 14.3. The monoisotopic (exact) mass is 1490 g/mol. The van der Waals surface area contributed by atoms with Crippen molar-refractivity contribution < 1.29 is 80.2 Å². The molecule has 0 heterocycles. The Kier molecular flexibility index (Phi) is 70.6. The first kappa shape index (κ1) is 100. The first-order valence-electron chi connectivity index (χ1n) is 42.8. The second-order valence-electron chi connectivity index (χ2n) is 31.3. The summed E-state index contributed by atoms with van der Waals surface area (Å²) in [7, 11) is -9.92. The molecule has 0 bridgehead atoms. The van der Waals surface area contributed by atoms with Crippen LogP contribution in [0.4, 0.5) is 0 Å². The van der Waals surface area contributed by atoms with Gasteiger partial charge >= 0.3 is 39.5 Å². The average Bonchev–Trinajstić information content (AvgIpc) is 0.904. The molecule has 0 spiro atoms. The summed E-state index contributed by atoms with van der Waals surface area (Å²) in [5.41, 5.74) is 0. The first-order chi connectivity index (χ1) is 49.2. The molecule has 0 aromatic rings. The quantitative estimate of drug-likeness (QED) is 0.0222. The lowest BCUT2D eigenvalue weighted by Crippen LogP contribution is -2.30. The SMILES string of the molecule is CCC(C)CCCCCCCCCCCCCCCCCCCCC(=O)O[C@H](COC(=O)CCCCCCCCC(C)CC)COP(=O)(O)OC[C@H](O)COP(=O)(O)OC[C@@H](COC(=O)CCCCCCCCCCC(C)C)OC(=O)CCCCCCCCCCCCCCCCCCC(C)C. The molecule has 0 aliphatic heterocycles. The van der Waals surface area contributed by atoms with E-state index >= 15 is 0 Å². The van der Waals surface area contributed by atoms with E-state index in [1.807, 2.05) is 0 Å². The molecule has 4 unspecified atom stereocenters. The number of rotatable bonds is 80. The fraction of sp³-hybridized carbons (Fsp3) is 0.952. The molecule has 0 aromatic heterocycles. The van der Waals surface area contributed by atoms with E-state index in [1.165, 1.54) is 225 Å². The van der Waals surface area contributed by atoms with Gasteiger partial charge in [-0.15, -0.1) is 0 Å². The molecule has 3 N–H and O–H groups in total. The topological polar surface area (TPSA) is 237 Å². The van der Waals surface area contributed by atoms with Crippen molar-refractivity contribution in [2.24, 2.45) is 23.7 Å². The number of aliphatic hydroxyl groups excluding tert-OH is 1. The Balaban J connectivity index is 5.17. The third-order valence-corrected chi connectivity index (χ3v) is 21.9. The summed E-state index contributed by atoms with van der Waals surface area (Å²) in [6.45, 7) is 14.3. The van der Waals surface area contributed by atoms with Crippen LogP contribution in [0.2, 0.25) is 0 Å². The van der Waals surface area contributed by atoms with Crippen LogP contribution in [0.15, 0.2) is 0 Å². The van der Waals surface area contributed by atoms with Gasteiger partial charge in [-0.2, -0.15) is 0 Å². The Morgan fingerprint density at radius 2 is 0.471 bits per heavy atom. The van der Waals surface area contributed by atoms with Gasteiger partial charge in [0.1, 0.15) is 19.3 Å². The van der Waals surface area contributed by atoms with Crippen LogP contribution in [-0.4, -0.2) is 96.7 Å². The Hall–Kier alpha value is -1.94. The van der Waals surface area contributed by atoms with Gasteiger partial charge in [-0.05, 0) is 49.4 Å². The number of hydrogen-bond donors (Lipinski definition) is 3. The molecule has 19 heteroatoms. The van der Waals surface area contributed by atoms with Crippen LogP contribution in [0.1, 0.15) is 428 Å². The highest BCUT2D eigenvalue weighted by Crippen LogP contribution is 2.45. The molecule has 0 rings (SSSR count). The lowest BCUT2D eigenvalue weighted by molar-refractivity contribution is -0.161. The number of esters is 4. The average molecular weight is 1490 g/mol. The van der Waals surface area contributed by atoms with E-state index in [0.29, 0.717) is 25.7 Å². The van der Waals surface area contributed by atoms with Gasteiger partial charge in [0.05, 0.1) is 26.4 Å². The fourth-order valence-electron chi connectivity index (χ4n) is 12.7. The molecule has 102 heavy (non-hydrogen) atoms. The van der Waals surface area contributed by atoms with Gasteiger partial charge in [-0.3, -0.25) is 37.3 Å². The van der Waals surface area contributed by atoms with Crippen LogP contribution < -0.4 is 0 Å². The number of carbonyl (C=O) groups is 4. The maximum Gasteiger partial charge on any atom is 0.472 e. The molecule has 606 valence electrons. The van der Waals surface area contributed by atoms with Crippen LogP contribution in [0, 0.1) is 23.7 Å². The third kappa shape index (κ3) is 73.6. The number of carbonyl (C=O) groups excluding carboxylic acids is 4. The number of ether oxygens (including phenoxy) is 4. The minimum atomic E-state index is -4.96. The normalized spacial score (nSPS) is 14.5. The molecule has 0 saturated carbocycles. The van der Waals surface area contributed by atoms with E-state index in [-0.39, 0.29) is 25.7 Å². The molecule has 0 aliphatic rings. The number of phosphoric acid groups is 2. The van der Waals surface area contributed by atoms with Crippen molar-refractivity contribution in [1.29, 1.82) is 0 Å². The summed E-state index contributed by atoms with van der Waals surface area (Å²) >= 11 is 0. The number of phosphoric ester groups is 2. The largest absolute Gasteiger partial charge is 0.472 e. The van der Waals surface area contributed by atoms with Gasteiger partial charge in [0.25, 0.3) is 0 Å². The van der Waals surface area contributed by atoms with Gasteiger partial charge < -0.3 is 33.8 Å². The van der Waals surface area contributed by atoms with E-state index in [4.69, 9.17) is 37.0 Å². The standard InChI is InChI=1S/C83H162O17P2/c1-9-75(7)61-53-45-37-30-26-22-18-13-11-12-14-19-23-27-31-39-49-58-66-83(88)100-79(70-94-81(86)64-56-48-42-41-46-54-62-76(8)10-2)72-98-102(91,92)96-68-77(84)67-95-101(89,90)97-71-78(69-93-80(85)63-55-47-38-34-33-36-44-52-60-74(5)6)99-82(87)65-57-50-40-32-28-24-20-16-15-17-21-25-29-35-43-51-59-73(3)4/h73-79,84H,9-72H2,1-8H3,(H,89,90)(H,91,92)/t75?,76?,77-,78-,79-/m1/s1. The highest BCUT2D eigenvalue weighted by atomic mass is 31.2. The van der Waals surface area contributed by atoms with Crippen molar-refractivity contribution >= 4 is 39.5 Å². The second-order valence-corrected chi connectivity index (χ2v) is 34.2. The zero-order valence-corrected chi connectivity index (χ0v) is 69.0. The van der Waals surface area contributed by atoms with Gasteiger partial charge in [0.2, 0.25) is 0 Å². The van der Waals surface area contributed by atoms with Crippen molar-refractivity contribution in [2.75, 3.05) is 39.6 Å². The van der Waals surface area contributed by atoms with Crippen LogP contribution >= 0.6 is 15.6 Å². The number of aliphatic hydroxyl groups is 1. The first-order valence-corrected chi connectivity index (χ1v) is 45.8. The van der Waals surface area contributed by atoms with Crippen LogP contribution in [0.5, 0.6) is 0 Å². The van der Waals surface area contributed by atoms with E-state index in [9.17, 15) is 43.2 Å². The highest BCUT2D eigenvalue weighted by molar-refractivity contribution is 7.47. The molecule has 7 atom stereocenters. The van der Waals surface area contributed by atoms with Crippen LogP contribution in [-0.2, 0) is 65.4 Å². The Morgan fingerprint density at radius 1 is 0.275 bits per heavy atom.